The predicted molar refractivity (Wildman–Crippen MR) is 45.0 cm³/mol. The summed E-state index contributed by atoms with van der Waals surface area (Å²) in [6, 6.07) is 0. The average Bonchev–Trinajstić information content (AvgIpc) is 2.17. The fourth-order valence-corrected chi connectivity index (χ4v) is 1.54. The van der Waals surface area contributed by atoms with E-state index in [4.69, 9.17) is 5.11 Å². The molecule has 5 nitrogen and oxygen atoms in total. The van der Waals surface area contributed by atoms with Gasteiger partial charge in [-0.3, -0.25) is 4.79 Å². The molecule has 76 valence electrons. The van der Waals surface area contributed by atoms with Gasteiger partial charge in [0.05, 0.1) is 19.1 Å². The lowest BCUT2D eigenvalue weighted by Gasteiger charge is -2.32. The van der Waals surface area contributed by atoms with Gasteiger partial charge < -0.3 is 20.3 Å². The van der Waals surface area contributed by atoms with Gasteiger partial charge in [-0.15, -0.1) is 0 Å². The minimum absolute atomic E-state index is 0.123. The summed E-state index contributed by atoms with van der Waals surface area (Å²) in [4.78, 5) is 11.1. The van der Waals surface area contributed by atoms with Gasteiger partial charge in [0.25, 0.3) is 0 Å². The molecule has 0 unspecified atom stereocenters. The number of esters is 1. The Morgan fingerprint density at radius 2 is 2.31 bits per heavy atom. The van der Waals surface area contributed by atoms with Crippen molar-refractivity contribution in [2.75, 3.05) is 26.8 Å². The van der Waals surface area contributed by atoms with Crippen molar-refractivity contribution in [1.82, 2.24) is 5.32 Å². The molecule has 0 aromatic carbocycles. The monoisotopic (exact) mass is 189 g/mol. The van der Waals surface area contributed by atoms with Crippen LogP contribution in [-0.2, 0) is 9.53 Å². The molecule has 1 aliphatic heterocycles. The lowest BCUT2D eigenvalue weighted by Crippen LogP contribution is -2.51. The third kappa shape index (κ3) is 2.18. The Morgan fingerprint density at radius 1 is 1.62 bits per heavy atom. The molecule has 0 aromatic heterocycles. The second-order valence-electron chi connectivity index (χ2n) is 3.22. The van der Waals surface area contributed by atoms with Gasteiger partial charge in [-0.1, -0.05) is 0 Å². The van der Waals surface area contributed by atoms with E-state index in [1.165, 1.54) is 7.11 Å². The van der Waals surface area contributed by atoms with Gasteiger partial charge in [-0.25, -0.2) is 0 Å². The lowest BCUT2D eigenvalue weighted by atomic mass is 9.87. The van der Waals surface area contributed by atoms with E-state index in [2.05, 4.69) is 10.1 Å². The summed E-state index contributed by atoms with van der Waals surface area (Å²) in [6.45, 7) is 0.817. The second-order valence-corrected chi connectivity index (χ2v) is 3.22. The number of methoxy groups -OCH3 is 1. The van der Waals surface area contributed by atoms with Crippen molar-refractivity contribution in [2.45, 2.75) is 6.10 Å². The van der Waals surface area contributed by atoms with Crippen LogP contribution in [-0.4, -0.2) is 49.1 Å². The molecule has 0 aliphatic carbocycles. The van der Waals surface area contributed by atoms with Crippen molar-refractivity contribution < 1.29 is 19.7 Å². The summed E-state index contributed by atoms with van der Waals surface area (Å²) in [5, 5.41) is 21.5. The molecule has 0 spiro atoms. The zero-order valence-corrected chi connectivity index (χ0v) is 7.56. The summed E-state index contributed by atoms with van der Waals surface area (Å²) in [6.07, 6.45) is -0.807. The number of aliphatic hydroxyl groups is 2. The fraction of sp³-hybridized carbons (Fsp3) is 0.875. The van der Waals surface area contributed by atoms with Crippen LogP contribution in [0.4, 0.5) is 0 Å². The molecule has 3 atom stereocenters. The van der Waals surface area contributed by atoms with Crippen LogP contribution >= 0.6 is 0 Å². The SMILES string of the molecule is COC(=O)[C@@H]1CNC[C@H](CO)[C@@H]1O. The van der Waals surface area contributed by atoms with Crippen molar-refractivity contribution in [3.05, 3.63) is 0 Å². The number of hydrogen-bond acceptors (Lipinski definition) is 5. The standard InChI is InChI=1S/C8H15NO4/c1-13-8(12)6-3-9-2-5(4-10)7(6)11/h5-7,9-11H,2-4H2,1H3/t5-,6-,7+/m1/s1. The molecule has 1 heterocycles. The average molecular weight is 189 g/mol. The fourth-order valence-electron chi connectivity index (χ4n) is 1.54. The van der Waals surface area contributed by atoms with E-state index < -0.39 is 18.0 Å². The van der Waals surface area contributed by atoms with Crippen LogP contribution in [0.1, 0.15) is 0 Å². The minimum atomic E-state index is -0.807. The van der Waals surface area contributed by atoms with Crippen LogP contribution in [0.5, 0.6) is 0 Å². The van der Waals surface area contributed by atoms with E-state index in [-0.39, 0.29) is 12.5 Å². The molecule has 0 amide bonds. The molecule has 0 saturated carbocycles. The van der Waals surface area contributed by atoms with Crippen LogP contribution in [0.15, 0.2) is 0 Å². The van der Waals surface area contributed by atoms with E-state index >= 15 is 0 Å². The Balaban J connectivity index is 2.59. The molecule has 13 heavy (non-hydrogen) atoms. The highest BCUT2D eigenvalue weighted by Crippen LogP contribution is 2.17. The smallest absolute Gasteiger partial charge is 0.312 e. The van der Waals surface area contributed by atoms with Crippen LogP contribution in [0.25, 0.3) is 0 Å². The highest BCUT2D eigenvalue weighted by molar-refractivity contribution is 5.73. The maximum Gasteiger partial charge on any atom is 0.312 e. The number of piperidine rings is 1. The van der Waals surface area contributed by atoms with Gasteiger partial charge >= 0.3 is 5.97 Å². The molecule has 1 aliphatic rings. The van der Waals surface area contributed by atoms with E-state index in [9.17, 15) is 9.90 Å². The molecule has 0 radical (unpaired) electrons. The van der Waals surface area contributed by atoms with E-state index in [0.29, 0.717) is 13.1 Å². The molecule has 0 aromatic rings. The largest absolute Gasteiger partial charge is 0.469 e. The molecule has 5 heteroatoms. The van der Waals surface area contributed by atoms with Crippen LogP contribution in [0.2, 0.25) is 0 Å². The van der Waals surface area contributed by atoms with Crippen LogP contribution < -0.4 is 5.32 Å². The summed E-state index contributed by atoms with van der Waals surface area (Å²) >= 11 is 0. The first-order valence-corrected chi connectivity index (χ1v) is 4.28. The summed E-state index contributed by atoms with van der Waals surface area (Å²) in [5.41, 5.74) is 0. The van der Waals surface area contributed by atoms with Crippen molar-refractivity contribution in [3.63, 3.8) is 0 Å². The summed E-state index contributed by atoms with van der Waals surface area (Å²) < 4.78 is 4.53. The number of hydrogen-bond donors (Lipinski definition) is 3. The molecular formula is C8H15NO4. The number of carbonyl (C=O) groups is 1. The Bertz CT molecular complexity index is 185. The molecule has 1 rings (SSSR count). The minimum Gasteiger partial charge on any atom is -0.469 e. The Kier molecular flexibility index (Phi) is 3.65. The predicted octanol–water partition coefficient (Wildman–Crippen LogP) is -1.65. The zero-order chi connectivity index (χ0) is 9.84. The topological polar surface area (TPSA) is 78.8 Å². The van der Waals surface area contributed by atoms with Crippen molar-refractivity contribution >= 4 is 5.97 Å². The maximum absolute atomic E-state index is 11.1. The van der Waals surface area contributed by atoms with Gasteiger partial charge in [-0.2, -0.15) is 0 Å². The van der Waals surface area contributed by atoms with Gasteiger partial charge in [0.15, 0.2) is 0 Å². The van der Waals surface area contributed by atoms with Crippen molar-refractivity contribution in [1.29, 1.82) is 0 Å². The number of nitrogens with one attached hydrogen (secondary N) is 1. The Hall–Kier alpha value is -0.650. The van der Waals surface area contributed by atoms with Gasteiger partial charge in [-0.05, 0) is 0 Å². The van der Waals surface area contributed by atoms with Crippen molar-refractivity contribution in [3.8, 4) is 0 Å². The van der Waals surface area contributed by atoms with Crippen molar-refractivity contribution in [2.24, 2.45) is 11.8 Å². The summed E-state index contributed by atoms with van der Waals surface area (Å²) in [7, 11) is 1.29. The first kappa shape index (κ1) is 10.4. The number of rotatable bonds is 2. The van der Waals surface area contributed by atoms with Gasteiger partial charge in [0, 0.05) is 25.6 Å². The second kappa shape index (κ2) is 4.55. The van der Waals surface area contributed by atoms with Crippen LogP contribution in [0.3, 0.4) is 0 Å². The van der Waals surface area contributed by atoms with Crippen LogP contribution in [0, 0.1) is 11.8 Å². The van der Waals surface area contributed by atoms with E-state index in [0.717, 1.165) is 0 Å². The number of carbonyl (C=O) groups excluding carboxylic acids is 1. The first-order valence-electron chi connectivity index (χ1n) is 4.28. The van der Waals surface area contributed by atoms with E-state index in [1.807, 2.05) is 0 Å². The molecule has 0 bridgehead atoms. The summed E-state index contributed by atoms with van der Waals surface area (Å²) in [5.74, 6) is -1.27. The molecule has 3 N–H and O–H groups in total. The normalized spacial score (nSPS) is 34.2. The van der Waals surface area contributed by atoms with Gasteiger partial charge in [0.2, 0.25) is 0 Å². The number of ether oxygens (including phenoxy) is 1. The zero-order valence-electron chi connectivity index (χ0n) is 7.56. The molecule has 1 saturated heterocycles. The highest BCUT2D eigenvalue weighted by Gasteiger charge is 2.36. The first-order chi connectivity index (χ1) is 6.20. The quantitative estimate of drug-likeness (QED) is 0.453. The Labute approximate surface area is 76.7 Å². The maximum atomic E-state index is 11.1. The van der Waals surface area contributed by atoms with E-state index in [1.54, 1.807) is 0 Å². The Morgan fingerprint density at radius 3 is 2.85 bits per heavy atom. The highest BCUT2D eigenvalue weighted by atomic mass is 16.5. The third-order valence-electron chi connectivity index (χ3n) is 2.40. The third-order valence-corrected chi connectivity index (χ3v) is 2.40. The number of aliphatic hydroxyl groups excluding tert-OH is 2. The molecular weight excluding hydrogens is 174 g/mol. The molecule has 1 fully saturated rings. The lowest BCUT2D eigenvalue weighted by molar-refractivity contribution is -0.152. The van der Waals surface area contributed by atoms with Gasteiger partial charge in [0.1, 0.15) is 0 Å².